The normalized spacial score (nSPS) is 16.9. The molecule has 2 atom stereocenters. The van der Waals surface area contributed by atoms with Crippen LogP contribution in [-0.2, 0) is 19.2 Å². The second-order valence-corrected chi connectivity index (χ2v) is 6.11. The van der Waals surface area contributed by atoms with Gasteiger partial charge < -0.3 is 25.2 Å². The molecule has 1 heterocycles. The number of fused-ring (bicyclic) bond motifs is 1. The van der Waals surface area contributed by atoms with E-state index in [1.807, 2.05) is 6.92 Å². The number of carbonyl (C=O) groups is 4. The lowest BCUT2D eigenvalue weighted by Gasteiger charge is -2.34. The minimum Gasteiger partial charge on any atom is -0.481 e. The van der Waals surface area contributed by atoms with Crippen LogP contribution in [0.3, 0.4) is 0 Å². The summed E-state index contributed by atoms with van der Waals surface area (Å²) in [6.07, 6.45) is -0.858. The van der Waals surface area contributed by atoms with Crippen molar-refractivity contribution in [1.82, 2.24) is 5.32 Å². The van der Waals surface area contributed by atoms with Crippen LogP contribution in [0.15, 0.2) is 24.3 Å². The Morgan fingerprint density at radius 2 is 1.93 bits per heavy atom. The molecule has 0 bridgehead atoms. The van der Waals surface area contributed by atoms with E-state index in [0.717, 1.165) is 0 Å². The van der Waals surface area contributed by atoms with E-state index >= 15 is 0 Å². The molecule has 2 unspecified atom stereocenters. The Hall–Kier alpha value is -3.10. The van der Waals surface area contributed by atoms with Crippen LogP contribution in [0.1, 0.15) is 32.6 Å². The van der Waals surface area contributed by atoms with Gasteiger partial charge in [0.05, 0.1) is 5.69 Å². The summed E-state index contributed by atoms with van der Waals surface area (Å²) in [6, 6.07) is 5.70. The van der Waals surface area contributed by atoms with Crippen LogP contribution in [0.5, 0.6) is 5.75 Å². The van der Waals surface area contributed by atoms with Crippen molar-refractivity contribution in [3.63, 3.8) is 0 Å². The third kappa shape index (κ3) is 5.19. The summed E-state index contributed by atoms with van der Waals surface area (Å²) in [4.78, 5) is 47.9. The number of carbonyl (C=O) groups excluding carboxylic acids is 2. The third-order valence-corrected chi connectivity index (χ3v) is 4.18. The number of benzene rings is 1. The van der Waals surface area contributed by atoms with Gasteiger partial charge in [-0.15, -0.1) is 0 Å². The van der Waals surface area contributed by atoms with Crippen molar-refractivity contribution in [2.45, 2.75) is 44.8 Å². The summed E-state index contributed by atoms with van der Waals surface area (Å²) in [5.74, 6) is -2.73. The zero-order valence-corrected chi connectivity index (χ0v) is 14.9. The SMILES string of the molecule is CCC1Oc2ccccc2N(CCC(=O)NC(CCC(=O)O)C(=O)O)C1=O. The van der Waals surface area contributed by atoms with Crippen molar-refractivity contribution in [1.29, 1.82) is 0 Å². The fraction of sp³-hybridized carbons (Fsp3) is 0.444. The first kappa shape index (κ1) is 20.2. The molecule has 0 saturated heterocycles. The highest BCUT2D eigenvalue weighted by atomic mass is 16.5. The molecule has 1 aliphatic rings. The number of amides is 2. The van der Waals surface area contributed by atoms with Gasteiger partial charge in [0.25, 0.3) is 5.91 Å². The lowest BCUT2D eigenvalue weighted by Crippen LogP contribution is -2.48. The first-order valence-electron chi connectivity index (χ1n) is 8.64. The van der Waals surface area contributed by atoms with Gasteiger partial charge in [-0.25, -0.2) is 4.79 Å². The molecule has 0 spiro atoms. The predicted molar refractivity (Wildman–Crippen MR) is 94.6 cm³/mol. The fourth-order valence-corrected chi connectivity index (χ4v) is 2.77. The molecule has 1 aliphatic heterocycles. The van der Waals surface area contributed by atoms with E-state index in [2.05, 4.69) is 5.32 Å². The Labute approximate surface area is 155 Å². The number of hydrogen-bond acceptors (Lipinski definition) is 5. The second-order valence-electron chi connectivity index (χ2n) is 6.11. The number of nitrogens with zero attached hydrogens (tertiary/aromatic N) is 1. The van der Waals surface area contributed by atoms with E-state index < -0.39 is 30.0 Å². The standard InChI is InChI=1S/C18H22N2O7/c1-2-13-17(24)20(12-5-3-4-6-14(12)27-13)10-9-15(21)19-11(18(25)26)7-8-16(22)23/h3-6,11,13H,2,7-10H2,1H3,(H,19,21)(H,22,23)(H,25,26). The largest absolute Gasteiger partial charge is 0.481 e. The average Bonchev–Trinajstić information content (AvgIpc) is 2.63. The molecular weight excluding hydrogens is 356 g/mol. The van der Waals surface area contributed by atoms with Crippen molar-refractivity contribution in [3.8, 4) is 5.75 Å². The van der Waals surface area contributed by atoms with Gasteiger partial charge in [0.2, 0.25) is 5.91 Å². The van der Waals surface area contributed by atoms with E-state index in [0.29, 0.717) is 17.9 Å². The fourth-order valence-electron chi connectivity index (χ4n) is 2.77. The van der Waals surface area contributed by atoms with Crippen LogP contribution in [0.4, 0.5) is 5.69 Å². The van der Waals surface area contributed by atoms with Crippen LogP contribution in [0.2, 0.25) is 0 Å². The first-order valence-corrected chi connectivity index (χ1v) is 8.64. The number of carboxylic acids is 2. The number of carboxylic acid groups (broad SMARTS) is 2. The highest BCUT2D eigenvalue weighted by Crippen LogP contribution is 2.34. The molecule has 146 valence electrons. The first-order chi connectivity index (χ1) is 12.8. The van der Waals surface area contributed by atoms with E-state index in [1.165, 1.54) is 4.90 Å². The van der Waals surface area contributed by atoms with Crippen LogP contribution in [0, 0.1) is 0 Å². The lowest BCUT2D eigenvalue weighted by atomic mass is 10.1. The number of ether oxygens (including phenoxy) is 1. The predicted octanol–water partition coefficient (Wildman–Crippen LogP) is 1.01. The van der Waals surface area contributed by atoms with Gasteiger partial charge in [0.15, 0.2) is 6.10 Å². The van der Waals surface area contributed by atoms with Crippen molar-refractivity contribution in [2.75, 3.05) is 11.4 Å². The molecule has 0 aliphatic carbocycles. The Bertz CT molecular complexity index is 734. The molecule has 0 aromatic heterocycles. The summed E-state index contributed by atoms with van der Waals surface area (Å²) < 4.78 is 5.66. The van der Waals surface area contributed by atoms with Gasteiger partial charge in [-0.2, -0.15) is 0 Å². The maximum absolute atomic E-state index is 12.5. The summed E-state index contributed by atoms with van der Waals surface area (Å²) in [7, 11) is 0. The molecule has 0 fully saturated rings. The summed E-state index contributed by atoms with van der Waals surface area (Å²) in [5, 5.41) is 20.1. The Morgan fingerprint density at radius 1 is 1.22 bits per heavy atom. The van der Waals surface area contributed by atoms with Gasteiger partial charge >= 0.3 is 11.9 Å². The number of nitrogens with one attached hydrogen (secondary N) is 1. The summed E-state index contributed by atoms with van der Waals surface area (Å²) >= 11 is 0. The van der Waals surface area contributed by atoms with E-state index in [1.54, 1.807) is 24.3 Å². The third-order valence-electron chi connectivity index (χ3n) is 4.18. The maximum atomic E-state index is 12.5. The van der Waals surface area contributed by atoms with E-state index in [-0.39, 0.29) is 31.7 Å². The quantitative estimate of drug-likeness (QED) is 0.584. The molecule has 9 heteroatoms. The molecule has 2 amide bonds. The molecule has 0 radical (unpaired) electrons. The van der Waals surface area contributed by atoms with Crippen LogP contribution >= 0.6 is 0 Å². The lowest BCUT2D eigenvalue weighted by molar-refractivity contribution is -0.143. The maximum Gasteiger partial charge on any atom is 0.326 e. The van der Waals surface area contributed by atoms with Gasteiger partial charge in [-0.05, 0) is 25.0 Å². The van der Waals surface area contributed by atoms with Crippen molar-refractivity contribution in [3.05, 3.63) is 24.3 Å². The molecule has 1 aromatic rings. The number of anilines is 1. The summed E-state index contributed by atoms with van der Waals surface area (Å²) in [6.45, 7) is 1.88. The number of hydrogen-bond donors (Lipinski definition) is 3. The highest BCUT2D eigenvalue weighted by Gasteiger charge is 2.33. The van der Waals surface area contributed by atoms with Gasteiger partial charge in [0.1, 0.15) is 11.8 Å². The highest BCUT2D eigenvalue weighted by molar-refractivity contribution is 6.00. The van der Waals surface area contributed by atoms with Gasteiger partial charge in [-0.3, -0.25) is 14.4 Å². The zero-order valence-electron chi connectivity index (χ0n) is 14.9. The molecule has 1 aromatic carbocycles. The van der Waals surface area contributed by atoms with Crippen LogP contribution < -0.4 is 15.0 Å². The molecule has 9 nitrogen and oxygen atoms in total. The summed E-state index contributed by atoms with van der Waals surface area (Å²) in [5.41, 5.74) is 0.556. The van der Waals surface area contributed by atoms with E-state index in [4.69, 9.17) is 14.9 Å². The second kappa shape index (κ2) is 9.02. The Balaban J connectivity index is 2.01. The molecule has 2 rings (SSSR count). The average molecular weight is 378 g/mol. The number of para-hydroxylation sites is 2. The molecule has 3 N–H and O–H groups in total. The van der Waals surface area contributed by atoms with E-state index in [9.17, 15) is 19.2 Å². The molecular formula is C18H22N2O7. The van der Waals surface area contributed by atoms with Crippen molar-refractivity contribution < 1.29 is 34.1 Å². The minimum absolute atomic E-state index is 0.0623. The molecule has 0 saturated carbocycles. The number of rotatable bonds is 9. The minimum atomic E-state index is -1.30. The monoisotopic (exact) mass is 378 g/mol. The zero-order chi connectivity index (χ0) is 20.0. The van der Waals surface area contributed by atoms with Gasteiger partial charge in [0, 0.05) is 19.4 Å². The smallest absolute Gasteiger partial charge is 0.326 e. The molecule has 27 heavy (non-hydrogen) atoms. The Morgan fingerprint density at radius 3 is 2.56 bits per heavy atom. The number of aliphatic carboxylic acids is 2. The topological polar surface area (TPSA) is 133 Å². The van der Waals surface area contributed by atoms with Gasteiger partial charge in [-0.1, -0.05) is 19.1 Å². The Kier molecular flexibility index (Phi) is 6.75. The van der Waals surface area contributed by atoms with Crippen molar-refractivity contribution >= 4 is 29.4 Å². The van der Waals surface area contributed by atoms with Crippen LogP contribution in [-0.4, -0.2) is 52.7 Å². The van der Waals surface area contributed by atoms with Crippen molar-refractivity contribution in [2.24, 2.45) is 0 Å². The van der Waals surface area contributed by atoms with Crippen LogP contribution in [0.25, 0.3) is 0 Å².